The van der Waals surface area contributed by atoms with Crippen molar-refractivity contribution in [2.24, 2.45) is 0 Å². The molecular weight excluding hydrogens is 160 g/mol. The molecule has 13 heavy (non-hydrogen) atoms. The maximum Gasteiger partial charge on any atom is 0.119 e. The number of para-hydroxylation sites is 1. The van der Waals surface area contributed by atoms with Crippen molar-refractivity contribution < 1.29 is 4.74 Å². The summed E-state index contributed by atoms with van der Waals surface area (Å²) >= 11 is 0. The zero-order chi connectivity index (χ0) is 9.52. The molecule has 1 nitrogen and oxygen atoms in total. The van der Waals surface area contributed by atoms with Crippen LogP contribution in [0, 0.1) is 0 Å². The van der Waals surface area contributed by atoms with Gasteiger partial charge in [0.25, 0.3) is 0 Å². The Morgan fingerprint density at radius 2 is 1.92 bits per heavy atom. The lowest BCUT2D eigenvalue weighted by Crippen LogP contribution is -1.95. The molecule has 0 amide bonds. The highest BCUT2D eigenvalue weighted by atomic mass is 16.5. The van der Waals surface area contributed by atoms with E-state index in [0.717, 1.165) is 18.8 Å². The van der Waals surface area contributed by atoms with E-state index in [4.69, 9.17) is 4.74 Å². The molecule has 0 aliphatic carbocycles. The van der Waals surface area contributed by atoms with Crippen molar-refractivity contribution in [3.63, 3.8) is 0 Å². The Balaban J connectivity index is 2.25. The SMILES string of the molecule is CC(C)=CCCOc1ccccc1. The third-order valence-electron chi connectivity index (χ3n) is 1.68. The maximum absolute atomic E-state index is 5.51. The first-order chi connectivity index (χ1) is 6.29. The summed E-state index contributed by atoms with van der Waals surface area (Å²) in [7, 11) is 0. The van der Waals surface area contributed by atoms with Crippen LogP contribution in [0.5, 0.6) is 5.75 Å². The van der Waals surface area contributed by atoms with Crippen LogP contribution in [-0.2, 0) is 0 Å². The number of benzene rings is 1. The third kappa shape index (κ3) is 4.36. The lowest BCUT2D eigenvalue weighted by molar-refractivity contribution is 0.324. The van der Waals surface area contributed by atoms with E-state index in [1.807, 2.05) is 30.3 Å². The van der Waals surface area contributed by atoms with Crippen LogP contribution in [0.4, 0.5) is 0 Å². The average molecular weight is 176 g/mol. The number of ether oxygens (including phenoxy) is 1. The second-order valence-corrected chi connectivity index (χ2v) is 3.23. The average Bonchev–Trinajstić information content (AvgIpc) is 2.14. The number of allylic oxidation sites excluding steroid dienone is 1. The molecule has 0 N–H and O–H groups in total. The summed E-state index contributed by atoms with van der Waals surface area (Å²) in [6, 6.07) is 9.90. The fourth-order valence-corrected chi connectivity index (χ4v) is 1.04. The zero-order valence-corrected chi connectivity index (χ0v) is 8.29. The van der Waals surface area contributed by atoms with Gasteiger partial charge in [0, 0.05) is 0 Å². The summed E-state index contributed by atoms with van der Waals surface area (Å²) in [5.74, 6) is 0.949. The van der Waals surface area contributed by atoms with Crippen molar-refractivity contribution in [3.8, 4) is 5.75 Å². The molecule has 0 saturated carbocycles. The van der Waals surface area contributed by atoms with Gasteiger partial charge in [0.15, 0.2) is 0 Å². The van der Waals surface area contributed by atoms with E-state index in [1.54, 1.807) is 0 Å². The van der Waals surface area contributed by atoms with Crippen molar-refractivity contribution in [2.75, 3.05) is 6.61 Å². The molecule has 0 heterocycles. The lowest BCUT2D eigenvalue weighted by Gasteiger charge is -2.03. The molecule has 1 heteroatoms. The van der Waals surface area contributed by atoms with Gasteiger partial charge in [-0.1, -0.05) is 29.8 Å². The largest absolute Gasteiger partial charge is 0.493 e. The minimum absolute atomic E-state index is 0.759. The van der Waals surface area contributed by atoms with Crippen LogP contribution in [0.1, 0.15) is 20.3 Å². The zero-order valence-electron chi connectivity index (χ0n) is 8.29. The predicted octanol–water partition coefficient (Wildman–Crippen LogP) is 3.42. The second-order valence-electron chi connectivity index (χ2n) is 3.23. The lowest BCUT2D eigenvalue weighted by atomic mass is 10.3. The van der Waals surface area contributed by atoms with Crippen molar-refractivity contribution in [3.05, 3.63) is 42.0 Å². The minimum atomic E-state index is 0.759. The first-order valence-corrected chi connectivity index (χ1v) is 4.60. The predicted molar refractivity (Wildman–Crippen MR) is 56.0 cm³/mol. The van der Waals surface area contributed by atoms with Crippen LogP contribution < -0.4 is 4.74 Å². The molecule has 1 aromatic rings. The molecule has 70 valence electrons. The Kier molecular flexibility index (Phi) is 4.10. The number of hydrogen-bond donors (Lipinski definition) is 0. The summed E-state index contributed by atoms with van der Waals surface area (Å²) in [6.07, 6.45) is 3.17. The molecule has 0 aliphatic heterocycles. The van der Waals surface area contributed by atoms with Gasteiger partial charge in [-0.3, -0.25) is 0 Å². The van der Waals surface area contributed by atoms with Gasteiger partial charge in [0.1, 0.15) is 5.75 Å². The highest BCUT2D eigenvalue weighted by Crippen LogP contribution is 2.08. The molecule has 0 aromatic heterocycles. The molecule has 0 fully saturated rings. The Morgan fingerprint density at radius 1 is 1.23 bits per heavy atom. The smallest absolute Gasteiger partial charge is 0.119 e. The van der Waals surface area contributed by atoms with Crippen LogP contribution in [0.25, 0.3) is 0 Å². The summed E-state index contributed by atoms with van der Waals surface area (Å²) in [5.41, 5.74) is 1.34. The third-order valence-corrected chi connectivity index (χ3v) is 1.68. The van der Waals surface area contributed by atoms with Gasteiger partial charge in [0.2, 0.25) is 0 Å². The van der Waals surface area contributed by atoms with Crippen LogP contribution >= 0.6 is 0 Å². The molecule has 0 atom stereocenters. The standard InChI is InChI=1S/C12H16O/c1-11(2)7-6-10-13-12-8-4-3-5-9-12/h3-5,7-9H,6,10H2,1-2H3. The van der Waals surface area contributed by atoms with Crippen LogP contribution in [0.3, 0.4) is 0 Å². The molecule has 0 saturated heterocycles. The molecule has 1 aromatic carbocycles. The quantitative estimate of drug-likeness (QED) is 0.504. The number of rotatable bonds is 4. The van der Waals surface area contributed by atoms with E-state index in [1.165, 1.54) is 5.57 Å². The maximum atomic E-state index is 5.51. The van der Waals surface area contributed by atoms with Gasteiger partial charge in [-0.25, -0.2) is 0 Å². The Bertz CT molecular complexity index is 258. The van der Waals surface area contributed by atoms with Crippen LogP contribution in [-0.4, -0.2) is 6.61 Å². The van der Waals surface area contributed by atoms with Crippen molar-refractivity contribution in [1.82, 2.24) is 0 Å². The fourth-order valence-electron chi connectivity index (χ4n) is 1.04. The highest BCUT2D eigenvalue weighted by Gasteiger charge is 1.88. The molecular formula is C12H16O. The van der Waals surface area contributed by atoms with E-state index in [0.29, 0.717) is 0 Å². The van der Waals surface area contributed by atoms with E-state index in [9.17, 15) is 0 Å². The fraction of sp³-hybridized carbons (Fsp3) is 0.333. The van der Waals surface area contributed by atoms with Gasteiger partial charge >= 0.3 is 0 Å². The van der Waals surface area contributed by atoms with Crippen molar-refractivity contribution in [1.29, 1.82) is 0 Å². The molecule has 1 rings (SSSR count). The number of hydrogen-bond acceptors (Lipinski definition) is 1. The van der Waals surface area contributed by atoms with Crippen LogP contribution in [0.15, 0.2) is 42.0 Å². The molecule has 0 radical (unpaired) electrons. The van der Waals surface area contributed by atoms with Crippen molar-refractivity contribution >= 4 is 0 Å². The topological polar surface area (TPSA) is 9.23 Å². The van der Waals surface area contributed by atoms with Gasteiger partial charge < -0.3 is 4.74 Å². The van der Waals surface area contributed by atoms with E-state index in [2.05, 4.69) is 19.9 Å². The summed E-state index contributed by atoms with van der Waals surface area (Å²) in [4.78, 5) is 0. The molecule has 0 unspecified atom stereocenters. The first kappa shape index (κ1) is 9.85. The van der Waals surface area contributed by atoms with Gasteiger partial charge in [-0.05, 0) is 32.4 Å². The normalized spacial score (nSPS) is 9.38. The Morgan fingerprint density at radius 3 is 2.54 bits per heavy atom. The van der Waals surface area contributed by atoms with Gasteiger partial charge in [-0.15, -0.1) is 0 Å². The van der Waals surface area contributed by atoms with E-state index in [-0.39, 0.29) is 0 Å². The Hall–Kier alpha value is -1.24. The summed E-state index contributed by atoms with van der Waals surface area (Å²) in [6.45, 7) is 4.96. The van der Waals surface area contributed by atoms with Crippen molar-refractivity contribution in [2.45, 2.75) is 20.3 Å². The van der Waals surface area contributed by atoms with E-state index >= 15 is 0 Å². The van der Waals surface area contributed by atoms with Gasteiger partial charge in [0.05, 0.1) is 6.61 Å². The van der Waals surface area contributed by atoms with Crippen LogP contribution in [0.2, 0.25) is 0 Å². The molecule has 0 bridgehead atoms. The van der Waals surface area contributed by atoms with Gasteiger partial charge in [-0.2, -0.15) is 0 Å². The second kappa shape index (κ2) is 5.41. The Labute approximate surface area is 80.0 Å². The summed E-state index contributed by atoms with van der Waals surface area (Å²) in [5, 5.41) is 0. The minimum Gasteiger partial charge on any atom is -0.493 e. The molecule has 0 spiro atoms. The van der Waals surface area contributed by atoms with E-state index < -0.39 is 0 Å². The molecule has 0 aliphatic rings. The monoisotopic (exact) mass is 176 g/mol. The first-order valence-electron chi connectivity index (χ1n) is 4.60. The summed E-state index contributed by atoms with van der Waals surface area (Å²) < 4.78 is 5.51. The highest BCUT2D eigenvalue weighted by molar-refractivity contribution is 5.20.